The van der Waals surface area contributed by atoms with E-state index in [0.29, 0.717) is 11.6 Å². The molecule has 1 aromatic rings. The van der Waals surface area contributed by atoms with E-state index in [1.165, 1.54) is 6.20 Å². The van der Waals surface area contributed by atoms with Gasteiger partial charge in [0.1, 0.15) is 12.0 Å². The molecular formula is C13H19N5O2. The summed E-state index contributed by atoms with van der Waals surface area (Å²) in [4.78, 5) is 19.4. The average molecular weight is 277 g/mol. The lowest BCUT2D eigenvalue weighted by Crippen LogP contribution is -2.61. The molecule has 7 heteroatoms. The second kappa shape index (κ2) is 5.34. The van der Waals surface area contributed by atoms with Crippen LogP contribution in [0.2, 0.25) is 0 Å². The van der Waals surface area contributed by atoms with E-state index in [1.54, 1.807) is 6.92 Å². The lowest BCUT2D eigenvalue weighted by molar-refractivity contribution is -0.385. The molecule has 1 N–H and O–H groups in total. The highest BCUT2D eigenvalue weighted by atomic mass is 16.6. The fourth-order valence-electron chi connectivity index (χ4n) is 2.75. The van der Waals surface area contributed by atoms with E-state index in [0.717, 1.165) is 45.1 Å². The Kier molecular flexibility index (Phi) is 3.54. The van der Waals surface area contributed by atoms with Gasteiger partial charge in [-0.15, -0.1) is 0 Å². The number of nitro groups is 1. The molecule has 0 bridgehead atoms. The molecule has 0 aromatic carbocycles. The van der Waals surface area contributed by atoms with Crippen LogP contribution in [0.4, 0.5) is 11.5 Å². The second-order valence-electron chi connectivity index (χ2n) is 5.42. The van der Waals surface area contributed by atoms with Gasteiger partial charge in [0.15, 0.2) is 0 Å². The number of piperazine rings is 1. The maximum Gasteiger partial charge on any atom is 0.290 e. The molecule has 20 heavy (non-hydrogen) atoms. The van der Waals surface area contributed by atoms with Gasteiger partial charge in [-0.05, 0) is 13.0 Å². The van der Waals surface area contributed by atoms with Crippen molar-refractivity contribution in [2.75, 3.05) is 44.2 Å². The van der Waals surface area contributed by atoms with Gasteiger partial charge in [-0.2, -0.15) is 0 Å². The minimum Gasteiger partial charge on any atom is -0.354 e. The Bertz CT molecular complexity index is 509. The molecule has 0 saturated carbocycles. The zero-order valence-electron chi connectivity index (χ0n) is 11.6. The Morgan fingerprint density at radius 2 is 2.05 bits per heavy atom. The third-order valence-electron chi connectivity index (χ3n) is 4.18. The van der Waals surface area contributed by atoms with Crippen LogP contribution in [-0.4, -0.2) is 60.1 Å². The number of aromatic nitrogens is 1. The molecule has 0 atom stereocenters. The Hall–Kier alpha value is -1.73. The van der Waals surface area contributed by atoms with Crippen LogP contribution < -0.4 is 10.2 Å². The van der Waals surface area contributed by atoms with Crippen molar-refractivity contribution in [2.24, 2.45) is 0 Å². The van der Waals surface area contributed by atoms with Crippen LogP contribution in [0.15, 0.2) is 12.3 Å². The van der Waals surface area contributed by atoms with Crippen molar-refractivity contribution >= 4 is 11.5 Å². The summed E-state index contributed by atoms with van der Waals surface area (Å²) in [6.07, 6.45) is 1.37. The predicted molar refractivity (Wildman–Crippen MR) is 76.1 cm³/mol. The molecule has 2 aliphatic rings. The number of nitrogens with zero attached hydrogens (tertiary/aromatic N) is 4. The number of aryl methyl sites for hydroxylation is 1. The molecule has 0 aliphatic carbocycles. The van der Waals surface area contributed by atoms with Gasteiger partial charge in [-0.25, -0.2) is 4.98 Å². The molecule has 108 valence electrons. The van der Waals surface area contributed by atoms with Gasteiger partial charge in [0, 0.05) is 50.9 Å². The van der Waals surface area contributed by atoms with Crippen LogP contribution in [-0.2, 0) is 0 Å². The van der Waals surface area contributed by atoms with E-state index >= 15 is 0 Å². The van der Waals surface area contributed by atoms with Crippen LogP contribution in [0, 0.1) is 17.0 Å². The Balaban J connectivity index is 1.65. The number of hydrogen-bond acceptors (Lipinski definition) is 6. The van der Waals surface area contributed by atoms with Crippen molar-refractivity contribution in [1.29, 1.82) is 0 Å². The molecule has 0 radical (unpaired) electrons. The molecule has 3 rings (SSSR count). The standard InChI is InChI=1S/C13H19N5O2/c1-10-6-13(15-9-12(10)18(19)20)17-4-2-16(3-5-17)11-7-14-8-11/h6,9,11,14H,2-5,7-8H2,1H3. The molecule has 7 nitrogen and oxygen atoms in total. The van der Waals surface area contributed by atoms with Crippen molar-refractivity contribution < 1.29 is 4.92 Å². The van der Waals surface area contributed by atoms with Gasteiger partial charge in [-0.1, -0.05) is 0 Å². The van der Waals surface area contributed by atoms with Crippen LogP contribution in [0.5, 0.6) is 0 Å². The van der Waals surface area contributed by atoms with Crippen molar-refractivity contribution in [3.63, 3.8) is 0 Å². The fourth-order valence-corrected chi connectivity index (χ4v) is 2.75. The minimum absolute atomic E-state index is 0.0907. The summed E-state index contributed by atoms with van der Waals surface area (Å²) in [5.74, 6) is 0.847. The number of hydrogen-bond donors (Lipinski definition) is 1. The molecule has 0 amide bonds. The molecule has 3 heterocycles. The quantitative estimate of drug-likeness (QED) is 0.636. The lowest BCUT2D eigenvalue weighted by atomic mass is 10.1. The number of anilines is 1. The Morgan fingerprint density at radius 3 is 2.55 bits per heavy atom. The minimum atomic E-state index is -0.381. The van der Waals surface area contributed by atoms with Crippen LogP contribution >= 0.6 is 0 Å². The largest absolute Gasteiger partial charge is 0.354 e. The summed E-state index contributed by atoms with van der Waals surface area (Å²) in [7, 11) is 0. The van der Waals surface area contributed by atoms with Gasteiger partial charge in [0.2, 0.25) is 0 Å². The van der Waals surface area contributed by atoms with Gasteiger partial charge in [0.05, 0.1) is 4.92 Å². The normalized spacial score (nSPS) is 20.8. The number of rotatable bonds is 3. The third kappa shape index (κ3) is 2.46. The highest BCUT2D eigenvalue weighted by molar-refractivity contribution is 5.48. The molecule has 2 saturated heterocycles. The van der Waals surface area contributed by atoms with Crippen LogP contribution in [0.3, 0.4) is 0 Å². The summed E-state index contributed by atoms with van der Waals surface area (Å²) in [6.45, 7) is 7.87. The molecule has 2 aliphatic heterocycles. The predicted octanol–water partition coefficient (Wildman–Crippen LogP) is 0.392. The Labute approximate surface area is 117 Å². The zero-order chi connectivity index (χ0) is 14.1. The molecule has 0 spiro atoms. The Morgan fingerprint density at radius 1 is 1.35 bits per heavy atom. The van der Waals surface area contributed by atoms with E-state index in [4.69, 9.17) is 0 Å². The maximum absolute atomic E-state index is 10.8. The molecule has 0 unspecified atom stereocenters. The van der Waals surface area contributed by atoms with E-state index in [1.807, 2.05) is 6.07 Å². The maximum atomic E-state index is 10.8. The molecule has 1 aromatic heterocycles. The van der Waals surface area contributed by atoms with Gasteiger partial charge >= 0.3 is 0 Å². The van der Waals surface area contributed by atoms with Crippen LogP contribution in [0.1, 0.15) is 5.56 Å². The summed E-state index contributed by atoms with van der Waals surface area (Å²) >= 11 is 0. The third-order valence-corrected chi connectivity index (χ3v) is 4.18. The summed E-state index contributed by atoms with van der Waals surface area (Å²) in [5, 5.41) is 14.1. The fraction of sp³-hybridized carbons (Fsp3) is 0.615. The van der Waals surface area contributed by atoms with Crippen LogP contribution in [0.25, 0.3) is 0 Å². The first-order valence-electron chi connectivity index (χ1n) is 6.96. The first-order valence-corrected chi connectivity index (χ1v) is 6.96. The molecular weight excluding hydrogens is 258 g/mol. The first-order chi connectivity index (χ1) is 9.65. The van der Waals surface area contributed by atoms with Crippen molar-refractivity contribution in [2.45, 2.75) is 13.0 Å². The van der Waals surface area contributed by atoms with Crippen molar-refractivity contribution in [3.8, 4) is 0 Å². The van der Waals surface area contributed by atoms with E-state index < -0.39 is 0 Å². The van der Waals surface area contributed by atoms with Crippen molar-refractivity contribution in [1.82, 2.24) is 15.2 Å². The lowest BCUT2D eigenvalue weighted by Gasteiger charge is -2.43. The monoisotopic (exact) mass is 277 g/mol. The zero-order valence-corrected chi connectivity index (χ0v) is 11.6. The highest BCUT2D eigenvalue weighted by Gasteiger charge is 2.28. The highest BCUT2D eigenvalue weighted by Crippen LogP contribution is 2.22. The van der Waals surface area contributed by atoms with Gasteiger partial charge in [-0.3, -0.25) is 15.0 Å². The van der Waals surface area contributed by atoms with E-state index in [-0.39, 0.29) is 10.6 Å². The van der Waals surface area contributed by atoms with Gasteiger partial charge in [0.25, 0.3) is 5.69 Å². The smallest absolute Gasteiger partial charge is 0.290 e. The van der Waals surface area contributed by atoms with Crippen molar-refractivity contribution in [3.05, 3.63) is 27.9 Å². The number of pyridine rings is 1. The topological polar surface area (TPSA) is 74.5 Å². The van der Waals surface area contributed by atoms with E-state index in [9.17, 15) is 10.1 Å². The second-order valence-corrected chi connectivity index (χ2v) is 5.42. The summed E-state index contributed by atoms with van der Waals surface area (Å²) in [6, 6.07) is 2.50. The SMILES string of the molecule is Cc1cc(N2CCN(C3CNC3)CC2)ncc1[N+](=O)[O-]. The number of nitrogens with one attached hydrogen (secondary N) is 1. The first kappa shape index (κ1) is 13.3. The van der Waals surface area contributed by atoms with Gasteiger partial charge < -0.3 is 10.2 Å². The average Bonchev–Trinajstić information content (AvgIpc) is 2.37. The summed E-state index contributed by atoms with van der Waals surface area (Å²) < 4.78 is 0. The summed E-state index contributed by atoms with van der Waals surface area (Å²) in [5.41, 5.74) is 0.763. The van der Waals surface area contributed by atoms with E-state index in [2.05, 4.69) is 20.1 Å². The molecule has 2 fully saturated rings.